The fourth-order valence-corrected chi connectivity index (χ4v) is 4.38. The van der Waals surface area contributed by atoms with Crippen molar-refractivity contribution in [1.29, 1.82) is 0 Å². The maximum absolute atomic E-state index is 3.64. The summed E-state index contributed by atoms with van der Waals surface area (Å²) in [4.78, 5) is 4.95. The SMILES string of the molecule is CN1CCCN(Cc2ccccc2CBr)c2cccc3cccc1c23. The van der Waals surface area contributed by atoms with Crippen LogP contribution in [0.5, 0.6) is 0 Å². The third-order valence-electron chi connectivity index (χ3n) is 5.16. The zero-order chi connectivity index (χ0) is 17.2. The lowest BCUT2D eigenvalue weighted by Gasteiger charge is -2.33. The number of halogens is 1. The second kappa shape index (κ2) is 7.09. The summed E-state index contributed by atoms with van der Waals surface area (Å²) >= 11 is 3.64. The number of rotatable bonds is 3. The lowest BCUT2D eigenvalue weighted by atomic mass is 10.0. The highest BCUT2D eigenvalue weighted by Gasteiger charge is 2.18. The second-order valence-electron chi connectivity index (χ2n) is 6.75. The number of anilines is 2. The largest absolute Gasteiger partial charge is 0.374 e. The number of benzene rings is 3. The minimum absolute atomic E-state index is 0.903. The number of nitrogens with zero attached hydrogens (tertiary/aromatic N) is 2. The van der Waals surface area contributed by atoms with Crippen molar-refractivity contribution in [3.8, 4) is 0 Å². The van der Waals surface area contributed by atoms with Gasteiger partial charge in [0, 0.05) is 48.8 Å². The molecule has 4 rings (SSSR count). The van der Waals surface area contributed by atoms with Gasteiger partial charge >= 0.3 is 0 Å². The molecule has 3 heteroatoms. The molecule has 0 spiro atoms. The van der Waals surface area contributed by atoms with Crippen LogP contribution in [0.2, 0.25) is 0 Å². The molecule has 2 nitrogen and oxygen atoms in total. The predicted molar refractivity (Wildman–Crippen MR) is 112 cm³/mol. The molecule has 1 aliphatic heterocycles. The molecule has 0 radical (unpaired) electrons. The van der Waals surface area contributed by atoms with Gasteiger partial charge in [0.15, 0.2) is 0 Å². The molecule has 0 bridgehead atoms. The van der Waals surface area contributed by atoms with Crippen molar-refractivity contribution < 1.29 is 0 Å². The third kappa shape index (κ3) is 3.13. The van der Waals surface area contributed by atoms with Crippen molar-refractivity contribution in [2.24, 2.45) is 0 Å². The van der Waals surface area contributed by atoms with Gasteiger partial charge in [0.2, 0.25) is 0 Å². The highest BCUT2D eigenvalue weighted by molar-refractivity contribution is 9.08. The van der Waals surface area contributed by atoms with Crippen LogP contribution >= 0.6 is 15.9 Å². The molecule has 3 aromatic carbocycles. The average Bonchev–Trinajstić information content (AvgIpc) is 2.65. The lowest BCUT2D eigenvalue weighted by Crippen LogP contribution is -2.31. The molecule has 0 atom stereocenters. The van der Waals surface area contributed by atoms with Gasteiger partial charge in [-0.1, -0.05) is 64.5 Å². The summed E-state index contributed by atoms with van der Waals surface area (Å²) in [7, 11) is 2.21. The minimum Gasteiger partial charge on any atom is -0.374 e. The van der Waals surface area contributed by atoms with Crippen molar-refractivity contribution in [3.63, 3.8) is 0 Å². The van der Waals surface area contributed by atoms with Gasteiger partial charge in [0.1, 0.15) is 0 Å². The first-order chi connectivity index (χ1) is 12.3. The normalized spacial score (nSPS) is 14.5. The summed E-state index contributed by atoms with van der Waals surface area (Å²) in [5.74, 6) is 0. The van der Waals surface area contributed by atoms with E-state index in [2.05, 4.69) is 93.4 Å². The first kappa shape index (κ1) is 16.5. The van der Waals surface area contributed by atoms with Crippen LogP contribution in [0.1, 0.15) is 17.5 Å². The average molecular weight is 395 g/mol. The Morgan fingerprint density at radius 3 is 2.32 bits per heavy atom. The van der Waals surface area contributed by atoms with Gasteiger partial charge in [-0.2, -0.15) is 0 Å². The number of alkyl halides is 1. The molecule has 1 heterocycles. The van der Waals surface area contributed by atoms with Crippen LogP contribution in [0.4, 0.5) is 11.4 Å². The third-order valence-corrected chi connectivity index (χ3v) is 5.76. The predicted octanol–water partition coefficient (Wildman–Crippen LogP) is 5.58. The van der Waals surface area contributed by atoms with E-state index in [9.17, 15) is 0 Å². The van der Waals surface area contributed by atoms with E-state index in [1.807, 2.05) is 0 Å². The molecule has 0 saturated carbocycles. The Kier molecular flexibility index (Phi) is 4.67. The van der Waals surface area contributed by atoms with Crippen molar-refractivity contribution in [3.05, 3.63) is 71.8 Å². The Morgan fingerprint density at radius 2 is 1.56 bits per heavy atom. The van der Waals surface area contributed by atoms with E-state index in [1.165, 1.54) is 33.3 Å². The van der Waals surface area contributed by atoms with E-state index < -0.39 is 0 Å². The first-order valence-corrected chi connectivity index (χ1v) is 10.0. The van der Waals surface area contributed by atoms with E-state index in [0.29, 0.717) is 0 Å². The van der Waals surface area contributed by atoms with E-state index >= 15 is 0 Å². The summed E-state index contributed by atoms with van der Waals surface area (Å²) < 4.78 is 0. The summed E-state index contributed by atoms with van der Waals surface area (Å²) in [5, 5.41) is 3.60. The maximum atomic E-state index is 3.64. The monoisotopic (exact) mass is 394 g/mol. The van der Waals surface area contributed by atoms with Gasteiger partial charge < -0.3 is 9.80 Å². The molecule has 0 aromatic heterocycles. The number of hydrogen-bond acceptors (Lipinski definition) is 2. The van der Waals surface area contributed by atoms with E-state index in [-0.39, 0.29) is 0 Å². The summed E-state index contributed by atoms with van der Waals surface area (Å²) in [6.45, 7) is 3.12. The Morgan fingerprint density at radius 1 is 0.840 bits per heavy atom. The Bertz CT molecular complexity index is 885. The van der Waals surface area contributed by atoms with Crippen LogP contribution in [0, 0.1) is 0 Å². The standard InChI is InChI=1S/C22H23BrN2/c1-24-13-6-14-25(16-19-8-3-2-7-18(19)15-23)21-12-5-10-17-9-4-11-20(24)22(17)21/h2-5,7-12H,6,13-16H2,1H3. The zero-order valence-corrected chi connectivity index (χ0v) is 16.2. The molecule has 3 aromatic rings. The van der Waals surface area contributed by atoms with Gasteiger partial charge in [-0.05, 0) is 35.1 Å². The van der Waals surface area contributed by atoms with Crippen molar-refractivity contribution in [1.82, 2.24) is 0 Å². The van der Waals surface area contributed by atoms with Crippen LogP contribution < -0.4 is 9.80 Å². The quantitative estimate of drug-likeness (QED) is 0.534. The van der Waals surface area contributed by atoms with Crippen molar-refractivity contribution in [2.75, 3.05) is 29.9 Å². The molecule has 0 N–H and O–H groups in total. The highest BCUT2D eigenvalue weighted by Crippen LogP contribution is 2.37. The Labute approximate surface area is 158 Å². The minimum atomic E-state index is 0.903. The molecular weight excluding hydrogens is 372 g/mol. The highest BCUT2D eigenvalue weighted by atomic mass is 79.9. The topological polar surface area (TPSA) is 6.48 Å². The second-order valence-corrected chi connectivity index (χ2v) is 7.31. The Hall–Kier alpha value is -2.00. The van der Waals surface area contributed by atoms with Gasteiger partial charge in [-0.25, -0.2) is 0 Å². The molecule has 0 fully saturated rings. The summed E-state index contributed by atoms with van der Waals surface area (Å²) in [5.41, 5.74) is 5.47. The molecule has 0 saturated heterocycles. The zero-order valence-electron chi connectivity index (χ0n) is 14.6. The van der Waals surface area contributed by atoms with Gasteiger partial charge in [0.25, 0.3) is 0 Å². The molecule has 0 amide bonds. The summed E-state index contributed by atoms with van der Waals surface area (Å²) in [6, 6.07) is 22.1. The van der Waals surface area contributed by atoms with E-state index in [4.69, 9.17) is 0 Å². The fourth-order valence-electron chi connectivity index (χ4n) is 3.83. The number of hydrogen-bond donors (Lipinski definition) is 0. The molecular formula is C22H23BrN2. The van der Waals surface area contributed by atoms with Crippen LogP contribution in [-0.4, -0.2) is 20.1 Å². The first-order valence-electron chi connectivity index (χ1n) is 8.88. The summed E-state index contributed by atoms with van der Waals surface area (Å²) in [6.07, 6.45) is 1.16. The maximum Gasteiger partial charge on any atom is 0.0469 e. The van der Waals surface area contributed by atoms with Gasteiger partial charge in [-0.3, -0.25) is 0 Å². The fraction of sp³-hybridized carbons (Fsp3) is 0.273. The van der Waals surface area contributed by atoms with Crippen LogP contribution in [0.3, 0.4) is 0 Å². The molecule has 0 unspecified atom stereocenters. The Balaban J connectivity index is 1.83. The van der Waals surface area contributed by atoms with E-state index in [0.717, 1.165) is 31.4 Å². The molecule has 1 aliphatic rings. The lowest BCUT2D eigenvalue weighted by molar-refractivity contribution is 0.712. The van der Waals surface area contributed by atoms with Crippen molar-refractivity contribution in [2.45, 2.75) is 18.3 Å². The van der Waals surface area contributed by atoms with Crippen LogP contribution in [0.15, 0.2) is 60.7 Å². The molecule has 25 heavy (non-hydrogen) atoms. The smallest absolute Gasteiger partial charge is 0.0469 e. The van der Waals surface area contributed by atoms with Gasteiger partial charge in [0.05, 0.1) is 0 Å². The van der Waals surface area contributed by atoms with Crippen LogP contribution in [0.25, 0.3) is 10.8 Å². The van der Waals surface area contributed by atoms with Crippen molar-refractivity contribution >= 4 is 38.1 Å². The van der Waals surface area contributed by atoms with E-state index in [1.54, 1.807) is 0 Å². The van der Waals surface area contributed by atoms with Crippen LogP contribution in [-0.2, 0) is 11.9 Å². The molecule has 128 valence electrons. The van der Waals surface area contributed by atoms with Gasteiger partial charge in [-0.15, -0.1) is 0 Å². The molecule has 0 aliphatic carbocycles.